The summed E-state index contributed by atoms with van der Waals surface area (Å²) in [5, 5.41) is 8.14. The van der Waals surface area contributed by atoms with Crippen molar-refractivity contribution in [3.63, 3.8) is 0 Å². The molecule has 4 N–H and O–H groups in total. The second kappa shape index (κ2) is 10.9. The summed E-state index contributed by atoms with van der Waals surface area (Å²) in [4.78, 5) is 46.1. The Morgan fingerprint density at radius 3 is 2.50 bits per heavy atom. The number of hydrogen-bond donors (Lipinski definition) is 4. The molecule has 2 aromatic carbocycles. The molecule has 0 saturated carbocycles. The number of amides is 3. The third-order valence-corrected chi connectivity index (χ3v) is 5.15. The van der Waals surface area contributed by atoms with E-state index in [2.05, 4.69) is 25.9 Å². The van der Waals surface area contributed by atoms with Crippen molar-refractivity contribution >= 4 is 40.7 Å². The zero-order valence-corrected chi connectivity index (χ0v) is 19.6. The lowest BCUT2D eigenvalue weighted by Gasteiger charge is -2.12. The van der Waals surface area contributed by atoms with Gasteiger partial charge in [-0.2, -0.15) is 0 Å². The molecule has 0 radical (unpaired) electrons. The van der Waals surface area contributed by atoms with Gasteiger partial charge in [-0.15, -0.1) is 0 Å². The highest BCUT2D eigenvalue weighted by Crippen LogP contribution is 2.23. The van der Waals surface area contributed by atoms with E-state index >= 15 is 0 Å². The lowest BCUT2D eigenvalue weighted by Crippen LogP contribution is -2.32. The van der Waals surface area contributed by atoms with E-state index in [-0.39, 0.29) is 22.0 Å². The van der Waals surface area contributed by atoms with Gasteiger partial charge >= 0.3 is 0 Å². The minimum absolute atomic E-state index is 0.000138. The first-order valence-electron chi connectivity index (χ1n) is 10.3. The summed E-state index contributed by atoms with van der Waals surface area (Å²) in [7, 11) is 3.77. The number of H-pyrrole nitrogens is 1. The van der Waals surface area contributed by atoms with E-state index in [9.17, 15) is 18.8 Å². The number of halogens is 2. The molecule has 3 aromatic rings. The van der Waals surface area contributed by atoms with Crippen molar-refractivity contribution in [2.75, 3.05) is 37.8 Å². The lowest BCUT2D eigenvalue weighted by molar-refractivity contribution is 0.0933. The minimum Gasteiger partial charge on any atom is -0.349 e. The molecule has 0 spiro atoms. The molecule has 0 fully saturated rings. The van der Waals surface area contributed by atoms with Gasteiger partial charge in [0, 0.05) is 24.5 Å². The molecule has 0 aliphatic rings. The molecular weight excluding hydrogens is 463 g/mol. The average molecular weight is 487 g/mol. The van der Waals surface area contributed by atoms with Crippen molar-refractivity contribution < 1.29 is 18.8 Å². The average Bonchev–Trinajstić information content (AvgIpc) is 3.25. The maximum absolute atomic E-state index is 13.2. The molecule has 0 bridgehead atoms. The Labute approximate surface area is 200 Å². The van der Waals surface area contributed by atoms with Crippen molar-refractivity contribution in [2.45, 2.75) is 6.92 Å². The molecule has 34 heavy (non-hydrogen) atoms. The quantitative estimate of drug-likeness (QED) is 0.389. The largest absolute Gasteiger partial charge is 0.349 e. The second-order valence-corrected chi connectivity index (χ2v) is 8.15. The SMILES string of the molecule is Cc1cc(NC(=O)c2[nH]cnc2C(=O)NCCN(C)C)ccc1NC(=O)c1ccc(F)cc1Cl. The number of nitrogens with zero attached hydrogens (tertiary/aromatic N) is 2. The van der Waals surface area contributed by atoms with Crippen LogP contribution in [-0.4, -0.2) is 59.8 Å². The van der Waals surface area contributed by atoms with E-state index in [4.69, 9.17) is 11.6 Å². The van der Waals surface area contributed by atoms with Crippen molar-refractivity contribution in [2.24, 2.45) is 0 Å². The van der Waals surface area contributed by atoms with E-state index < -0.39 is 23.5 Å². The number of imidazole rings is 1. The Bertz CT molecular complexity index is 1230. The first-order chi connectivity index (χ1) is 16.2. The van der Waals surface area contributed by atoms with E-state index in [0.29, 0.717) is 30.0 Å². The fraction of sp³-hybridized carbons (Fsp3) is 0.217. The number of aryl methyl sites for hydroxylation is 1. The summed E-state index contributed by atoms with van der Waals surface area (Å²) >= 11 is 5.95. The van der Waals surface area contributed by atoms with Crippen LogP contribution in [-0.2, 0) is 0 Å². The summed E-state index contributed by atoms with van der Waals surface area (Å²) < 4.78 is 13.2. The maximum atomic E-state index is 13.2. The van der Waals surface area contributed by atoms with Gasteiger partial charge in [-0.05, 0) is 63.0 Å². The molecule has 0 saturated heterocycles. The molecular formula is C23H24ClFN6O3. The molecule has 3 rings (SSSR count). The van der Waals surface area contributed by atoms with Gasteiger partial charge in [0.05, 0.1) is 16.9 Å². The molecule has 178 valence electrons. The van der Waals surface area contributed by atoms with Crippen LogP contribution >= 0.6 is 11.6 Å². The molecule has 11 heteroatoms. The van der Waals surface area contributed by atoms with Gasteiger partial charge in [0.15, 0.2) is 5.69 Å². The first-order valence-corrected chi connectivity index (χ1v) is 10.7. The van der Waals surface area contributed by atoms with Crippen LogP contribution in [0.2, 0.25) is 5.02 Å². The number of likely N-dealkylation sites (N-methyl/N-ethyl adjacent to an activating group) is 1. The molecule has 0 aliphatic heterocycles. The monoisotopic (exact) mass is 486 g/mol. The van der Waals surface area contributed by atoms with Crippen molar-refractivity contribution in [1.82, 2.24) is 20.2 Å². The minimum atomic E-state index is -0.538. The zero-order chi connectivity index (χ0) is 24.8. The van der Waals surface area contributed by atoms with Crippen molar-refractivity contribution in [3.05, 3.63) is 76.1 Å². The Morgan fingerprint density at radius 2 is 1.82 bits per heavy atom. The standard InChI is InChI=1S/C23H24ClFN6O3/c1-13-10-15(5-7-18(13)30-21(32)16-6-4-14(25)11-17(16)24)29-23(34)20-19(27-12-28-20)22(33)26-8-9-31(2)3/h4-7,10-12H,8-9H2,1-3H3,(H,26,33)(H,27,28)(H,29,34)(H,30,32). The van der Waals surface area contributed by atoms with Crippen LogP contribution in [0.1, 0.15) is 36.9 Å². The summed E-state index contributed by atoms with van der Waals surface area (Å²) in [6.07, 6.45) is 1.28. The van der Waals surface area contributed by atoms with Gasteiger partial charge < -0.3 is 25.8 Å². The van der Waals surface area contributed by atoms with Crippen molar-refractivity contribution in [3.8, 4) is 0 Å². The summed E-state index contributed by atoms with van der Waals surface area (Å²) in [5.74, 6) is -2.02. The number of aromatic amines is 1. The van der Waals surface area contributed by atoms with Crippen LogP contribution in [0.25, 0.3) is 0 Å². The highest BCUT2D eigenvalue weighted by atomic mass is 35.5. The van der Waals surface area contributed by atoms with Crippen LogP contribution < -0.4 is 16.0 Å². The normalized spacial score (nSPS) is 10.8. The van der Waals surface area contributed by atoms with Gasteiger partial charge in [0.2, 0.25) is 0 Å². The smallest absolute Gasteiger partial charge is 0.274 e. The molecule has 1 heterocycles. The van der Waals surface area contributed by atoms with Crippen LogP contribution in [0.3, 0.4) is 0 Å². The van der Waals surface area contributed by atoms with Gasteiger partial charge in [-0.1, -0.05) is 11.6 Å². The molecule has 9 nitrogen and oxygen atoms in total. The van der Waals surface area contributed by atoms with Crippen LogP contribution in [0.15, 0.2) is 42.7 Å². The summed E-state index contributed by atoms with van der Waals surface area (Å²) in [6.45, 7) is 2.81. The summed E-state index contributed by atoms with van der Waals surface area (Å²) in [6, 6.07) is 8.39. The number of carbonyl (C=O) groups excluding carboxylic acids is 3. The molecule has 3 amide bonds. The molecule has 1 aromatic heterocycles. The van der Waals surface area contributed by atoms with Crippen LogP contribution in [0.4, 0.5) is 15.8 Å². The Morgan fingerprint density at radius 1 is 1.06 bits per heavy atom. The number of hydrogen-bond acceptors (Lipinski definition) is 5. The maximum Gasteiger partial charge on any atom is 0.274 e. The Kier molecular flexibility index (Phi) is 7.98. The fourth-order valence-corrected chi connectivity index (χ4v) is 3.31. The number of anilines is 2. The Balaban J connectivity index is 1.67. The van der Waals surface area contributed by atoms with E-state index in [1.54, 1.807) is 25.1 Å². The first kappa shape index (κ1) is 24.9. The van der Waals surface area contributed by atoms with Crippen LogP contribution in [0.5, 0.6) is 0 Å². The second-order valence-electron chi connectivity index (χ2n) is 7.75. The fourth-order valence-electron chi connectivity index (χ4n) is 3.05. The highest BCUT2D eigenvalue weighted by molar-refractivity contribution is 6.34. The summed E-state index contributed by atoms with van der Waals surface area (Å²) in [5.41, 5.74) is 1.77. The predicted octanol–water partition coefficient (Wildman–Crippen LogP) is 3.31. The van der Waals surface area contributed by atoms with Crippen molar-refractivity contribution in [1.29, 1.82) is 0 Å². The highest BCUT2D eigenvalue weighted by Gasteiger charge is 2.20. The van der Waals surface area contributed by atoms with Gasteiger partial charge in [0.25, 0.3) is 17.7 Å². The topological polar surface area (TPSA) is 119 Å². The third-order valence-electron chi connectivity index (χ3n) is 4.83. The molecule has 0 atom stereocenters. The van der Waals surface area contributed by atoms with E-state index in [1.807, 2.05) is 19.0 Å². The molecule has 0 unspecified atom stereocenters. The predicted molar refractivity (Wildman–Crippen MR) is 128 cm³/mol. The third kappa shape index (κ3) is 6.18. The Hall–Kier alpha value is -3.76. The zero-order valence-electron chi connectivity index (χ0n) is 18.8. The lowest BCUT2D eigenvalue weighted by atomic mass is 10.1. The van der Waals surface area contributed by atoms with E-state index in [1.165, 1.54) is 12.4 Å². The number of carbonyl (C=O) groups is 3. The van der Waals surface area contributed by atoms with E-state index in [0.717, 1.165) is 12.1 Å². The van der Waals surface area contributed by atoms with Gasteiger partial charge in [-0.3, -0.25) is 14.4 Å². The molecule has 0 aliphatic carbocycles. The van der Waals surface area contributed by atoms with Gasteiger partial charge in [0.1, 0.15) is 11.5 Å². The van der Waals surface area contributed by atoms with Crippen LogP contribution in [0, 0.1) is 12.7 Å². The number of nitrogens with one attached hydrogen (secondary N) is 4. The van der Waals surface area contributed by atoms with Gasteiger partial charge in [-0.25, -0.2) is 9.37 Å². The number of aromatic nitrogens is 2. The number of benzene rings is 2. The number of rotatable bonds is 8.